The van der Waals surface area contributed by atoms with Crippen LogP contribution in [0.5, 0.6) is 0 Å². The van der Waals surface area contributed by atoms with Crippen LogP contribution in [0.1, 0.15) is 37.9 Å². The summed E-state index contributed by atoms with van der Waals surface area (Å²) in [7, 11) is 0. The Labute approximate surface area is 120 Å². The van der Waals surface area contributed by atoms with Crippen LogP contribution in [0.4, 0.5) is 4.39 Å². The summed E-state index contributed by atoms with van der Waals surface area (Å²) in [4.78, 5) is 6.48. The van der Waals surface area contributed by atoms with Crippen molar-refractivity contribution in [1.29, 1.82) is 0 Å². The summed E-state index contributed by atoms with van der Waals surface area (Å²) in [6.07, 6.45) is 4.01. The Morgan fingerprint density at radius 2 is 2.20 bits per heavy atom. The van der Waals surface area contributed by atoms with Gasteiger partial charge in [0, 0.05) is 19.1 Å². The number of piperidine rings is 1. The van der Waals surface area contributed by atoms with Crippen molar-refractivity contribution in [2.24, 2.45) is 0 Å². The predicted octanol–water partition coefficient (Wildman–Crippen LogP) is 1.72. The quantitative estimate of drug-likeness (QED) is 0.780. The van der Waals surface area contributed by atoms with Gasteiger partial charge in [-0.1, -0.05) is 0 Å². The van der Waals surface area contributed by atoms with E-state index in [0.29, 0.717) is 0 Å². The molecule has 4 nitrogen and oxygen atoms in total. The number of nitrogens with one attached hydrogen (secondary N) is 1. The lowest BCUT2D eigenvalue weighted by atomic mass is 10.1. The van der Waals surface area contributed by atoms with Crippen molar-refractivity contribution in [3.8, 4) is 0 Å². The van der Waals surface area contributed by atoms with E-state index in [2.05, 4.69) is 15.2 Å². The highest BCUT2D eigenvalue weighted by Gasteiger charge is 2.16. The molecule has 2 N–H and O–H groups in total. The van der Waals surface area contributed by atoms with Gasteiger partial charge < -0.3 is 15.3 Å². The molecule has 1 unspecified atom stereocenters. The molecule has 0 bridgehead atoms. The molecule has 1 atom stereocenters. The molecule has 0 amide bonds. The van der Waals surface area contributed by atoms with Gasteiger partial charge in [0.05, 0.1) is 18.0 Å². The number of hydrogen-bond donors (Lipinski definition) is 2. The molecular formula is C15H24FN3O. The highest BCUT2D eigenvalue weighted by Crippen LogP contribution is 2.11. The Balaban J connectivity index is 1.62. The lowest BCUT2D eigenvalue weighted by molar-refractivity contribution is 0.0820. The van der Waals surface area contributed by atoms with Gasteiger partial charge in [-0.15, -0.1) is 0 Å². The Hall–Kier alpha value is -1.04. The van der Waals surface area contributed by atoms with Gasteiger partial charge in [-0.3, -0.25) is 4.98 Å². The third kappa shape index (κ3) is 4.81. The van der Waals surface area contributed by atoms with E-state index in [4.69, 9.17) is 0 Å². The van der Waals surface area contributed by atoms with Gasteiger partial charge in [0.15, 0.2) is 0 Å². The maximum Gasteiger partial charge on any atom is 0.141 e. The molecular weight excluding hydrogens is 257 g/mol. The van der Waals surface area contributed by atoms with Gasteiger partial charge in [-0.2, -0.15) is 0 Å². The summed E-state index contributed by atoms with van der Waals surface area (Å²) in [6, 6.07) is 3.30. The average molecular weight is 281 g/mol. The van der Waals surface area contributed by atoms with E-state index in [0.717, 1.165) is 51.1 Å². The van der Waals surface area contributed by atoms with Crippen LogP contribution < -0.4 is 5.32 Å². The first-order valence-corrected chi connectivity index (χ1v) is 7.40. The zero-order valence-electron chi connectivity index (χ0n) is 12.1. The lowest BCUT2D eigenvalue weighted by Crippen LogP contribution is -2.37. The van der Waals surface area contributed by atoms with E-state index >= 15 is 0 Å². The summed E-state index contributed by atoms with van der Waals surface area (Å²) in [5.41, 5.74) is 0.868. The number of hydrogen-bond acceptors (Lipinski definition) is 4. The van der Waals surface area contributed by atoms with Crippen LogP contribution in [-0.4, -0.2) is 47.3 Å². The highest BCUT2D eigenvalue weighted by molar-refractivity contribution is 5.08. The van der Waals surface area contributed by atoms with E-state index in [1.807, 2.05) is 6.92 Å². The fraction of sp³-hybridized carbons (Fsp3) is 0.667. The minimum atomic E-state index is -0.298. The van der Waals surface area contributed by atoms with Crippen LogP contribution in [0, 0.1) is 5.82 Å². The molecule has 0 aliphatic carbocycles. The van der Waals surface area contributed by atoms with Gasteiger partial charge >= 0.3 is 0 Å². The predicted molar refractivity (Wildman–Crippen MR) is 76.9 cm³/mol. The molecule has 2 heterocycles. The summed E-state index contributed by atoms with van der Waals surface area (Å²) in [6.45, 7) is 6.01. The van der Waals surface area contributed by atoms with E-state index < -0.39 is 0 Å². The molecule has 1 aromatic rings. The fourth-order valence-electron chi connectivity index (χ4n) is 2.51. The van der Waals surface area contributed by atoms with Crippen LogP contribution in [-0.2, 0) is 0 Å². The summed E-state index contributed by atoms with van der Waals surface area (Å²) >= 11 is 0. The van der Waals surface area contributed by atoms with Gasteiger partial charge in [0.25, 0.3) is 0 Å². The zero-order valence-corrected chi connectivity index (χ0v) is 12.1. The first-order valence-electron chi connectivity index (χ1n) is 7.40. The van der Waals surface area contributed by atoms with Gasteiger partial charge in [0.2, 0.25) is 0 Å². The molecule has 5 heteroatoms. The molecule has 1 aromatic heterocycles. The average Bonchev–Trinajstić information content (AvgIpc) is 2.46. The molecule has 2 rings (SSSR count). The number of pyridine rings is 1. The van der Waals surface area contributed by atoms with Gasteiger partial charge in [-0.05, 0) is 51.4 Å². The summed E-state index contributed by atoms with van der Waals surface area (Å²) < 4.78 is 12.8. The molecule has 112 valence electrons. The molecule has 0 radical (unpaired) electrons. The number of rotatable bonds is 6. The minimum absolute atomic E-state index is 0.103. The van der Waals surface area contributed by atoms with Crippen molar-refractivity contribution in [3.63, 3.8) is 0 Å². The third-order valence-electron chi connectivity index (χ3n) is 3.85. The van der Waals surface area contributed by atoms with Crippen molar-refractivity contribution >= 4 is 0 Å². The molecule has 1 saturated heterocycles. The second-order valence-corrected chi connectivity index (χ2v) is 5.50. The molecule has 1 aliphatic heterocycles. The summed E-state index contributed by atoms with van der Waals surface area (Å²) in [5.74, 6) is -0.298. The third-order valence-corrected chi connectivity index (χ3v) is 3.85. The number of aliphatic hydroxyl groups excluding tert-OH is 1. The number of halogens is 1. The van der Waals surface area contributed by atoms with Gasteiger partial charge in [-0.25, -0.2) is 4.39 Å². The van der Waals surface area contributed by atoms with Crippen molar-refractivity contribution in [1.82, 2.24) is 15.2 Å². The van der Waals surface area contributed by atoms with Crippen molar-refractivity contribution in [2.75, 3.05) is 26.2 Å². The highest BCUT2D eigenvalue weighted by atomic mass is 19.1. The molecule has 20 heavy (non-hydrogen) atoms. The van der Waals surface area contributed by atoms with Crippen LogP contribution in [0.25, 0.3) is 0 Å². The molecule has 1 fully saturated rings. The SMILES string of the molecule is CC(NCCCN1CCC(O)CC1)c1ccc(F)cn1. The second-order valence-electron chi connectivity index (χ2n) is 5.50. The van der Waals surface area contributed by atoms with Crippen molar-refractivity contribution in [2.45, 2.75) is 38.3 Å². The Morgan fingerprint density at radius 1 is 1.45 bits per heavy atom. The normalized spacial score (nSPS) is 19.1. The Kier molecular flexibility index (Phi) is 5.88. The van der Waals surface area contributed by atoms with E-state index in [1.54, 1.807) is 6.07 Å². The molecule has 1 aliphatic rings. The molecule has 0 aromatic carbocycles. The first-order chi connectivity index (χ1) is 9.65. The summed E-state index contributed by atoms with van der Waals surface area (Å²) in [5, 5.41) is 12.8. The second kappa shape index (κ2) is 7.67. The first kappa shape index (κ1) is 15.4. The number of aromatic nitrogens is 1. The van der Waals surface area contributed by atoms with Crippen molar-refractivity contribution in [3.05, 3.63) is 29.8 Å². The Morgan fingerprint density at radius 3 is 2.85 bits per heavy atom. The topological polar surface area (TPSA) is 48.4 Å². The number of aliphatic hydroxyl groups is 1. The lowest BCUT2D eigenvalue weighted by Gasteiger charge is -2.29. The standard InChI is InChI=1S/C15H24FN3O/c1-12(15-4-3-13(16)11-18-15)17-7-2-8-19-9-5-14(20)6-10-19/h3-4,11-12,14,17,20H,2,5-10H2,1H3. The zero-order chi connectivity index (χ0) is 14.4. The maximum atomic E-state index is 12.8. The fourth-order valence-corrected chi connectivity index (χ4v) is 2.51. The number of likely N-dealkylation sites (tertiary alicyclic amines) is 1. The molecule has 0 saturated carbocycles. The van der Waals surface area contributed by atoms with Crippen LogP contribution >= 0.6 is 0 Å². The Bertz CT molecular complexity index is 391. The van der Waals surface area contributed by atoms with Crippen LogP contribution in [0.2, 0.25) is 0 Å². The van der Waals surface area contributed by atoms with Crippen molar-refractivity contribution < 1.29 is 9.50 Å². The number of nitrogens with zero attached hydrogens (tertiary/aromatic N) is 2. The smallest absolute Gasteiger partial charge is 0.141 e. The van der Waals surface area contributed by atoms with Gasteiger partial charge in [0.1, 0.15) is 5.82 Å². The van der Waals surface area contributed by atoms with E-state index in [-0.39, 0.29) is 18.0 Å². The van der Waals surface area contributed by atoms with E-state index in [1.165, 1.54) is 12.3 Å². The largest absolute Gasteiger partial charge is 0.393 e. The molecule has 0 spiro atoms. The maximum absolute atomic E-state index is 12.8. The minimum Gasteiger partial charge on any atom is -0.393 e. The van der Waals surface area contributed by atoms with E-state index in [9.17, 15) is 9.50 Å². The van der Waals surface area contributed by atoms with Crippen LogP contribution in [0.15, 0.2) is 18.3 Å². The van der Waals surface area contributed by atoms with Crippen LogP contribution in [0.3, 0.4) is 0 Å². The monoisotopic (exact) mass is 281 g/mol.